The summed E-state index contributed by atoms with van der Waals surface area (Å²) in [6.45, 7) is 5.04. The van der Waals surface area contributed by atoms with Crippen molar-refractivity contribution >= 4 is 33.1 Å². The van der Waals surface area contributed by atoms with Gasteiger partial charge >= 0.3 is 0 Å². The van der Waals surface area contributed by atoms with Crippen LogP contribution in [0, 0.1) is 0 Å². The molecular formula is C18H20N4S. The molecule has 0 unspecified atom stereocenters. The summed E-state index contributed by atoms with van der Waals surface area (Å²) in [5.41, 5.74) is 2.67. The highest BCUT2D eigenvalue weighted by Gasteiger charge is 2.20. The van der Waals surface area contributed by atoms with Crippen molar-refractivity contribution in [3.05, 3.63) is 47.1 Å². The summed E-state index contributed by atoms with van der Waals surface area (Å²) >= 11 is 1.78. The number of hydrogen-bond donors (Lipinski definition) is 0. The van der Waals surface area contributed by atoms with Crippen LogP contribution in [0.3, 0.4) is 0 Å². The van der Waals surface area contributed by atoms with Gasteiger partial charge in [0.25, 0.3) is 0 Å². The third kappa shape index (κ3) is 2.55. The molecule has 1 aromatic carbocycles. The van der Waals surface area contributed by atoms with E-state index in [-0.39, 0.29) is 0 Å². The van der Waals surface area contributed by atoms with Crippen LogP contribution in [0.4, 0.5) is 11.5 Å². The fourth-order valence-corrected chi connectivity index (χ4v) is 4.12. The molecule has 2 aromatic heterocycles. The van der Waals surface area contributed by atoms with Crippen molar-refractivity contribution < 1.29 is 0 Å². The zero-order valence-corrected chi connectivity index (χ0v) is 14.3. The van der Waals surface area contributed by atoms with Gasteiger partial charge in [0.2, 0.25) is 0 Å². The Morgan fingerprint density at radius 3 is 2.91 bits per heavy atom. The molecule has 3 aromatic rings. The zero-order valence-electron chi connectivity index (χ0n) is 13.5. The van der Waals surface area contributed by atoms with Gasteiger partial charge in [-0.15, -0.1) is 11.3 Å². The molecule has 4 rings (SSSR count). The molecule has 3 heterocycles. The fraction of sp³-hybridized carbons (Fsp3) is 0.333. The minimum absolute atomic E-state index is 0.893. The number of anilines is 2. The Labute approximate surface area is 140 Å². The number of fused-ring (bicyclic) bond motifs is 2. The lowest BCUT2D eigenvalue weighted by Gasteiger charge is -2.22. The zero-order chi connectivity index (χ0) is 15.8. The van der Waals surface area contributed by atoms with E-state index in [1.807, 2.05) is 0 Å². The Kier molecular flexibility index (Phi) is 3.65. The van der Waals surface area contributed by atoms with E-state index >= 15 is 0 Å². The van der Waals surface area contributed by atoms with Crippen molar-refractivity contribution in [1.29, 1.82) is 0 Å². The molecule has 0 amide bonds. The van der Waals surface area contributed by atoms with E-state index in [0.717, 1.165) is 36.7 Å². The van der Waals surface area contributed by atoms with Crippen molar-refractivity contribution in [3.63, 3.8) is 0 Å². The Hall–Kier alpha value is -2.14. The summed E-state index contributed by atoms with van der Waals surface area (Å²) in [7, 11) is 2.16. The smallest absolute Gasteiger partial charge is 0.141 e. The molecule has 0 N–H and O–H groups in total. The molecule has 23 heavy (non-hydrogen) atoms. The lowest BCUT2D eigenvalue weighted by atomic mass is 10.1. The molecule has 0 spiro atoms. The summed E-state index contributed by atoms with van der Waals surface area (Å²) < 4.78 is 0. The predicted molar refractivity (Wildman–Crippen MR) is 97.6 cm³/mol. The van der Waals surface area contributed by atoms with E-state index in [4.69, 9.17) is 0 Å². The Morgan fingerprint density at radius 2 is 2.04 bits per heavy atom. The summed E-state index contributed by atoms with van der Waals surface area (Å²) in [5.74, 6) is 1.07. The van der Waals surface area contributed by atoms with Crippen LogP contribution in [-0.4, -0.2) is 30.1 Å². The van der Waals surface area contributed by atoms with E-state index in [0.29, 0.717) is 0 Å². The molecule has 0 atom stereocenters. The van der Waals surface area contributed by atoms with E-state index in [2.05, 4.69) is 64.1 Å². The minimum Gasteiger partial charge on any atom is -0.373 e. The number of hydrogen-bond acceptors (Lipinski definition) is 5. The second kappa shape index (κ2) is 5.81. The molecule has 0 fully saturated rings. The maximum absolute atomic E-state index is 4.62. The molecule has 1 aliphatic rings. The Bertz CT molecular complexity index is 842. The number of benzene rings is 1. The van der Waals surface area contributed by atoms with Crippen molar-refractivity contribution in [3.8, 4) is 0 Å². The van der Waals surface area contributed by atoms with Gasteiger partial charge in [0.05, 0.1) is 5.39 Å². The molecule has 0 radical (unpaired) electrons. The van der Waals surface area contributed by atoms with Crippen molar-refractivity contribution in [2.24, 2.45) is 0 Å². The van der Waals surface area contributed by atoms with Gasteiger partial charge in [-0.05, 0) is 24.1 Å². The van der Waals surface area contributed by atoms with Crippen LogP contribution in [0.15, 0.2) is 36.7 Å². The van der Waals surface area contributed by atoms with Gasteiger partial charge in [-0.2, -0.15) is 0 Å². The molecule has 0 saturated carbocycles. The highest BCUT2D eigenvalue weighted by molar-refractivity contribution is 7.18. The van der Waals surface area contributed by atoms with Crippen LogP contribution in [-0.2, 0) is 13.0 Å². The van der Waals surface area contributed by atoms with Crippen LogP contribution in [0.1, 0.15) is 17.4 Å². The van der Waals surface area contributed by atoms with Crippen LogP contribution in [0.25, 0.3) is 10.2 Å². The van der Waals surface area contributed by atoms with Crippen LogP contribution < -0.4 is 9.80 Å². The van der Waals surface area contributed by atoms with Gasteiger partial charge in [-0.3, -0.25) is 0 Å². The number of para-hydroxylation sites is 1. The number of aryl methyl sites for hydroxylation is 1. The fourth-order valence-electron chi connectivity index (χ4n) is 3.19. The largest absolute Gasteiger partial charge is 0.373 e. The number of rotatable bonds is 2. The first-order chi connectivity index (χ1) is 11.3. The maximum atomic E-state index is 4.62. The summed E-state index contributed by atoms with van der Waals surface area (Å²) in [6, 6.07) is 10.9. The standard InChI is InChI=1S/C18H20N4S/c1-3-14-10-15-17(19-12-20-18(15)23-14)22-9-8-21(2)16-7-5-4-6-13(16)11-22/h4-7,10,12H,3,8-9,11H2,1-2H3. The molecule has 0 saturated heterocycles. The number of likely N-dealkylation sites (N-methyl/N-ethyl adjacent to an activating group) is 1. The third-order valence-corrected chi connectivity index (χ3v) is 5.66. The second-order valence-electron chi connectivity index (χ2n) is 5.95. The van der Waals surface area contributed by atoms with Crippen LogP contribution in [0.5, 0.6) is 0 Å². The quantitative estimate of drug-likeness (QED) is 0.719. The van der Waals surface area contributed by atoms with Crippen molar-refractivity contribution in [1.82, 2.24) is 9.97 Å². The molecular weight excluding hydrogens is 304 g/mol. The second-order valence-corrected chi connectivity index (χ2v) is 7.07. The Morgan fingerprint density at radius 1 is 1.17 bits per heavy atom. The Balaban J connectivity index is 1.78. The van der Waals surface area contributed by atoms with Crippen LogP contribution in [0.2, 0.25) is 0 Å². The summed E-state index contributed by atoms with van der Waals surface area (Å²) in [5, 5.41) is 1.19. The highest BCUT2D eigenvalue weighted by Crippen LogP contribution is 2.33. The SMILES string of the molecule is CCc1cc2c(N3CCN(C)c4ccccc4C3)ncnc2s1. The maximum Gasteiger partial charge on any atom is 0.141 e. The normalized spacial score (nSPS) is 14.9. The number of aromatic nitrogens is 2. The first-order valence-corrected chi connectivity index (χ1v) is 8.85. The molecule has 0 aliphatic carbocycles. The number of nitrogens with zero attached hydrogens (tertiary/aromatic N) is 4. The lowest BCUT2D eigenvalue weighted by Crippen LogP contribution is -2.29. The summed E-state index contributed by atoms with van der Waals surface area (Å²) in [4.78, 5) is 16.3. The monoisotopic (exact) mass is 324 g/mol. The average molecular weight is 324 g/mol. The van der Waals surface area contributed by atoms with E-state index < -0.39 is 0 Å². The molecule has 4 nitrogen and oxygen atoms in total. The van der Waals surface area contributed by atoms with Gasteiger partial charge in [-0.1, -0.05) is 25.1 Å². The van der Waals surface area contributed by atoms with Gasteiger partial charge in [-0.25, -0.2) is 9.97 Å². The molecule has 5 heteroatoms. The van der Waals surface area contributed by atoms with Crippen molar-refractivity contribution in [2.45, 2.75) is 19.9 Å². The predicted octanol–water partition coefficient (Wildman–Crippen LogP) is 3.71. The van der Waals surface area contributed by atoms with E-state index in [9.17, 15) is 0 Å². The van der Waals surface area contributed by atoms with E-state index in [1.165, 1.54) is 21.5 Å². The summed E-state index contributed by atoms with van der Waals surface area (Å²) in [6.07, 6.45) is 2.75. The number of thiophene rings is 1. The van der Waals surface area contributed by atoms with Crippen molar-refractivity contribution in [2.75, 3.05) is 29.9 Å². The van der Waals surface area contributed by atoms with Crippen LogP contribution >= 0.6 is 11.3 Å². The minimum atomic E-state index is 0.893. The average Bonchev–Trinajstić information content (AvgIpc) is 2.94. The molecule has 118 valence electrons. The van der Waals surface area contributed by atoms with Gasteiger partial charge in [0.15, 0.2) is 0 Å². The molecule has 0 bridgehead atoms. The first kappa shape index (κ1) is 14.5. The van der Waals surface area contributed by atoms with E-state index in [1.54, 1.807) is 17.7 Å². The molecule has 1 aliphatic heterocycles. The van der Waals surface area contributed by atoms with Gasteiger partial charge < -0.3 is 9.80 Å². The highest BCUT2D eigenvalue weighted by atomic mass is 32.1. The van der Waals surface area contributed by atoms with Gasteiger partial charge in [0.1, 0.15) is 17.0 Å². The topological polar surface area (TPSA) is 32.3 Å². The lowest BCUT2D eigenvalue weighted by molar-refractivity contribution is 0.787. The van der Waals surface area contributed by atoms with Gasteiger partial charge in [0, 0.05) is 37.2 Å². The third-order valence-electron chi connectivity index (χ3n) is 4.48. The first-order valence-electron chi connectivity index (χ1n) is 8.03.